The fourth-order valence-corrected chi connectivity index (χ4v) is 2.89. The summed E-state index contributed by atoms with van der Waals surface area (Å²) in [5.41, 5.74) is 2.10. The third kappa shape index (κ3) is 3.20. The average molecular weight is 319 g/mol. The highest BCUT2D eigenvalue weighted by molar-refractivity contribution is 7.98. The van der Waals surface area contributed by atoms with E-state index in [4.69, 9.17) is 16.7 Å². The van der Waals surface area contributed by atoms with Gasteiger partial charge in [-0.25, -0.2) is 9.78 Å². The molecule has 0 fully saturated rings. The zero-order valence-corrected chi connectivity index (χ0v) is 12.4. The van der Waals surface area contributed by atoms with Crippen molar-refractivity contribution in [2.45, 2.75) is 10.6 Å². The highest BCUT2D eigenvalue weighted by Gasteiger charge is 2.05. The second kappa shape index (κ2) is 5.79. The molecule has 3 aromatic rings. The van der Waals surface area contributed by atoms with Crippen molar-refractivity contribution in [3.8, 4) is 0 Å². The Bertz CT molecular complexity index is 799. The topological polar surface area (TPSA) is 54.6 Å². The van der Waals surface area contributed by atoms with E-state index < -0.39 is 5.97 Å². The maximum atomic E-state index is 10.8. The Labute approximate surface area is 130 Å². The first-order valence-electron chi connectivity index (χ1n) is 6.21. The number of benzene rings is 1. The Balaban J connectivity index is 1.72. The number of hydrogen-bond donors (Lipinski definition) is 1. The highest BCUT2D eigenvalue weighted by atomic mass is 35.5. The smallest absolute Gasteiger partial charge is 0.335 e. The molecule has 0 saturated carbocycles. The fraction of sp³-hybridized carbons (Fsp3) is 0.0667. The number of imidazole rings is 1. The number of halogens is 1. The molecule has 0 atom stereocenters. The van der Waals surface area contributed by atoms with E-state index in [1.54, 1.807) is 36.0 Å². The van der Waals surface area contributed by atoms with Gasteiger partial charge in [0.15, 0.2) is 0 Å². The van der Waals surface area contributed by atoms with Gasteiger partial charge in [0, 0.05) is 23.0 Å². The van der Waals surface area contributed by atoms with E-state index in [1.807, 2.05) is 28.9 Å². The van der Waals surface area contributed by atoms with Crippen LogP contribution in [0.15, 0.2) is 53.7 Å². The Kier molecular flexibility index (Phi) is 3.86. The molecule has 2 aromatic heterocycles. The lowest BCUT2D eigenvalue weighted by molar-refractivity contribution is 0.0697. The predicted octanol–water partition coefficient (Wildman–Crippen LogP) is 3.98. The summed E-state index contributed by atoms with van der Waals surface area (Å²) in [4.78, 5) is 16.3. The molecule has 6 heteroatoms. The quantitative estimate of drug-likeness (QED) is 0.739. The fourth-order valence-electron chi connectivity index (χ4n) is 1.94. The van der Waals surface area contributed by atoms with Gasteiger partial charge in [-0.2, -0.15) is 0 Å². The van der Waals surface area contributed by atoms with Crippen LogP contribution in [0.5, 0.6) is 0 Å². The zero-order chi connectivity index (χ0) is 14.8. The SMILES string of the molecule is O=C(O)c1ccc(SCc2cn3cc(Cl)ccc3n2)cc1. The van der Waals surface area contributed by atoms with Crippen LogP contribution in [0, 0.1) is 0 Å². The molecule has 0 radical (unpaired) electrons. The number of rotatable bonds is 4. The van der Waals surface area contributed by atoms with Gasteiger partial charge in [0.25, 0.3) is 0 Å². The third-order valence-corrected chi connectivity index (χ3v) is 4.22. The Morgan fingerprint density at radius 3 is 2.67 bits per heavy atom. The molecule has 1 aromatic carbocycles. The molecule has 0 aliphatic carbocycles. The van der Waals surface area contributed by atoms with Crippen molar-refractivity contribution >= 4 is 35.0 Å². The van der Waals surface area contributed by atoms with E-state index in [0.717, 1.165) is 16.2 Å². The summed E-state index contributed by atoms with van der Waals surface area (Å²) in [6.07, 6.45) is 3.76. The number of thioether (sulfide) groups is 1. The van der Waals surface area contributed by atoms with Crippen LogP contribution in [0.4, 0.5) is 0 Å². The second-order valence-electron chi connectivity index (χ2n) is 4.46. The monoisotopic (exact) mass is 318 g/mol. The summed E-state index contributed by atoms with van der Waals surface area (Å²) in [6, 6.07) is 10.5. The second-order valence-corrected chi connectivity index (χ2v) is 5.95. The molecule has 3 rings (SSSR count). The minimum atomic E-state index is -0.913. The number of hydrogen-bond acceptors (Lipinski definition) is 3. The summed E-state index contributed by atoms with van der Waals surface area (Å²) in [6.45, 7) is 0. The molecule has 0 saturated heterocycles. The first-order valence-corrected chi connectivity index (χ1v) is 7.57. The number of nitrogens with zero attached hydrogens (tertiary/aromatic N) is 2. The van der Waals surface area contributed by atoms with Crippen molar-refractivity contribution in [2.24, 2.45) is 0 Å². The van der Waals surface area contributed by atoms with Crippen molar-refractivity contribution in [1.82, 2.24) is 9.38 Å². The van der Waals surface area contributed by atoms with Crippen molar-refractivity contribution in [3.63, 3.8) is 0 Å². The minimum Gasteiger partial charge on any atom is -0.478 e. The van der Waals surface area contributed by atoms with E-state index in [1.165, 1.54) is 0 Å². The number of carbonyl (C=O) groups is 1. The normalized spacial score (nSPS) is 10.9. The first-order chi connectivity index (χ1) is 10.1. The van der Waals surface area contributed by atoms with Gasteiger partial charge in [-0.15, -0.1) is 11.8 Å². The maximum absolute atomic E-state index is 10.8. The molecule has 0 aliphatic rings. The van der Waals surface area contributed by atoms with Gasteiger partial charge in [0.2, 0.25) is 0 Å². The molecular weight excluding hydrogens is 308 g/mol. The van der Waals surface area contributed by atoms with Crippen LogP contribution < -0.4 is 0 Å². The summed E-state index contributed by atoms with van der Waals surface area (Å²) in [5.74, 6) is -0.199. The van der Waals surface area contributed by atoms with Crippen LogP contribution in [0.3, 0.4) is 0 Å². The van der Waals surface area contributed by atoms with Crippen molar-refractivity contribution in [2.75, 3.05) is 0 Å². The molecule has 0 aliphatic heterocycles. The molecule has 1 N–H and O–H groups in total. The maximum Gasteiger partial charge on any atom is 0.335 e. The van der Waals surface area contributed by atoms with E-state index >= 15 is 0 Å². The summed E-state index contributed by atoms with van der Waals surface area (Å²) < 4.78 is 1.89. The van der Waals surface area contributed by atoms with Crippen LogP contribution in [0.25, 0.3) is 5.65 Å². The van der Waals surface area contributed by atoms with Crippen LogP contribution in [0.1, 0.15) is 16.1 Å². The van der Waals surface area contributed by atoms with Crippen LogP contribution in [-0.4, -0.2) is 20.5 Å². The molecule has 0 unspecified atom stereocenters. The number of fused-ring (bicyclic) bond motifs is 1. The van der Waals surface area contributed by atoms with Gasteiger partial charge in [-0.05, 0) is 36.4 Å². The van der Waals surface area contributed by atoms with Crippen molar-refractivity contribution in [1.29, 1.82) is 0 Å². The Morgan fingerprint density at radius 1 is 1.19 bits per heavy atom. The molecule has 21 heavy (non-hydrogen) atoms. The number of pyridine rings is 1. The van der Waals surface area contributed by atoms with Crippen molar-refractivity contribution < 1.29 is 9.90 Å². The van der Waals surface area contributed by atoms with Crippen LogP contribution >= 0.6 is 23.4 Å². The lowest BCUT2D eigenvalue weighted by Gasteiger charge is -2.00. The number of carboxylic acids is 1. The lowest BCUT2D eigenvalue weighted by atomic mass is 10.2. The predicted molar refractivity (Wildman–Crippen MR) is 83.2 cm³/mol. The summed E-state index contributed by atoms with van der Waals surface area (Å²) in [7, 11) is 0. The first kappa shape index (κ1) is 14.0. The molecule has 2 heterocycles. The van der Waals surface area contributed by atoms with E-state index in [9.17, 15) is 4.79 Å². The Hall–Kier alpha value is -1.98. The Morgan fingerprint density at radius 2 is 1.95 bits per heavy atom. The van der Waals surface area contributed by atoms with Crippen LogP contribution in [-0.2, 0) is 5.75 Å². The van der Waals surface area contributed by atoms with Gasteiger partial charge in [-0.3, -0.25) is 0 Å². The van der Waals surface area contributed by atoms with Gasteiger partial charge in [-0.1, -0.05) is 11.6 Å². The van der Waals surface area contributed by atoms with Crippen LogP contribution in [0.2, 0.25) is 5.02 Å². The summed E-state index contributed by atoms with van der Waals surface area (Å²) >= 11 is 7.55. The van der Waals surface area contributed by atoms with Gasteiger partial charge >= 0.3 is 5.97 Å². The molecule has 0 spiro atoms. The summed E-state index contributed by atoms with van der Waals surface area (Å²) in [5, 5.41) is 9.53. The molecule has 0 bridgehead atoms. The standard InChI is InChI=1S/C15H11ClN2O2S/c16-11-3-6-14-17-12(8-18(14)7-11)9-21-13-4-1-10(2-5-13)15(19)20/h1-8H,9H2,(H,19,20). The van der Waals surface area contributed by atoms with E-state index in [2.05, 4.69) is 4.98 Å². The van der Waals surface area contributed by atoms with E-state index in [0.29, 0.717) is 16.3 Å². The van der Waals surface area contributed by atoms with Gasteiger partial charge < -0.3 is 9.51 Å². The van der Waals surface area contributed by atoms with E-state index in [-0.39, 0.29) is 0 Å². The molecular formula is C15H11ClN2O2S. The average Bonchev–Trinajstić information content (AvgIpc) is 2.87. The molecule has 106 valence electrons. The largest absolute Gasteiger partial charge is 0.478 e. The number of carboxylic acid groups (broad SMARTS) is 1. The van der Waals surface area contributed by atoms with Gasteiger partial charge in [0.1, 0.15) is 5.65 Å². The molecule has 0 amide bonds. The number of aromatic carboxylic acids is 1. The van der Waals surface area contributed by atoms with Gasteiger partial charge in [0.05, 0.1) is 16.3 Å². The van der Waals surface area contributed by atoms with Crippen molar-refractivity contribution in [3.05, 3.63) is 65.1 Å². The third-order valence-electron chi connectivity index (χ3n) is 2.95. The zero-order valence-electron chi connectivity index (χ0n) is 10.9. The molecule has 4 nitrogen and oxygen atoms in total. The lowest BCUT2D eigenvalue weighted by Crippen LogP contribution is -1.94. The number of aromatic nitrogens is 2. The highest BCUT2D eigenvalue weighted by Crippen LogP contribution is 2.23. The minimum absolute atomic E-state index is 0.293.